The number of aliphatic carboxylic acids is 2. The third-order valence-electron chi connectivity index (χ3n) is 6.34. The topological polar surface area (TPSA) is 168 Å². The lowest BCUT2D eigenvalue weighted by atomic mass is 9.92. The number of rotatable bonds is 10. The molecule has 40 heavy (non-hydrogen) atoms. The lowest BCUT2D eigenvalue weighted by Crippen LogP contribution is -2.39. The molecule has 0 aliphatic carbocycles. The van der Waals surface area contributed by atoms with Gasteiger partial charge >= 0.3 is 11.9 Å². The highest BCUT2D eigenvalue weighted by molar-refractivity contribution is 6.33. The molecule has 1 heterocycles. The van der Waals surface area contributed by atoms with E-state index in [4.69, 9.17) is 32.0 Å². The molecule has 0 bridgehead atoms. The van der Waals surface area contributed by atoms with E-state index in [0.29, 0.717) is 13.0 Å². The van der Waals surface area contributed by atoms with Gasteiger partial charge in [0, 0.05) is 13.1 Å². The maximum Gasteiger partial charge on any atom is 0.335 e. The molecule has 0 saturated carbocycles. The first kappa shape index (κ1) is 33.0. The number of halogens is 1. The molecule has 0 fully saturated rings. The Kier molecular flexibility index (Phi) is 12.9. The van der Waals surface area contributed by atoms with E-state index >= 15 is 0 Å². The molecule has 0 spiro atoms. The zero-order valence-electron chi connectivity index (χ0n) is 23.2. The maximum absolute atomic E-state index is 12.2. The molecular weight excluding hydrogens is 538 g/mol. The van der Waals surface area contributed by atoms with E-state index < -0.39 is 24.1 Å². The van der Waals surface area contributed by atoms with Crippen molar-refractivity contribution in [1.82, 2.24) is 10.6 Å². The SMILES string of the molecule is CC(C)(C)CCNC(=O)Cc1ccc(CNc2c(Cl)ccc3c2CCNCC3)cc1.O=C(O)C(O)C(O)C(=O)O. The van der Waals surface area contributed by atoms with Gasteiger partial charge in [0.2, 0.25) is 5.91 Å². The fraction of sp³-hybridized carbons (Fsp3) is 0.483. The van der Waals surface area contributed by atoms with Gasteiger partial charge in [0.1, 0.15) is 0 Å². The summed E-state index contributed by atoms with van der Waals surface area (Å²) in [5.41, 5.74) is 6.20. The molecule has 3 rings (SSSR count). The number of carboxylic acids is 2. The Bertz CT molecular complexity index is 1130. The van der Waals surface area contributed by atoms with Crippen molar-refractivity contribution in [2.75, 3.05) is 25.0 Å². The number of aliphatic hydroxyl groups is 2. The van der Waals surface area contributed by atoms with Crippen LogP contribution >= 0.6 is 11.6 Å². The monoisotopic (exact) mass is 577 g/mol. The van der Waals surface area contributed by atoms with E-state index in [2.05, 4.69) is 54.9 Å². The number of amides is 1. The normalized spacial score (nSPS) is 14.4. The van der Waals surface area contributed by atoms with Gasteiger partial charge in [0.15, 0.2) is 12.2 Å². The number of carbonyl (C=O) groups is 3. The van der Waals surface area contributed by atoms with Crippen molar-refractivity contribution < 1.29 is 34.8 Å². The van der Waals surface area contributed by atoms with Crippen LogP contribution in [-0.4, -0.2) is 70.1 Å². The summed E-state index contributed by atoms with van der Waals surface area (Å²) < 4.78 is 0. The summed E-state index contributed by atoms with van der Waals surface area (Å²) in [4.78, 5) is 31.7. The summed E-state index contributed by atoms with van der Waals surface area (Å²) >= 11 is 6.51. The first-order valence-electron chi connectivity index (χ1n) is 13.2. The van der Waals surface area contributed by atoms with Crippen molar-refractivity contribution in [3.63, 3.8) is 0 Å². The number of benzene rings is 2. The van der Waals surface area contributed by atoms with Crippen LogP contribution in [0.5, 0.6) is 0 Å². The first-order chi connectivity index (χ1) is 18.8. The van der Waals surface area contributed by atoms with Gasteiger partial charge in [-0.05, 0) is 66.1 Å². The Morgan fingerprint density at radius 1 is 0.925 bits per heavy atom. The smallest absolute Gasteiger partial charge is 0.335 e. The van der Waals surface area contributed by atoms with Crippen molar-refractivity contribution in [2.45, 2.75) is 65.2 Å². The van der Waals surface area contributed by atoms with Gasteiger partial charge in [-0.15, -0.1) is 0 Å². The average Bonchev–Trinajstić information content (AvgIpc) is 3.13. The first-order valence-corrected chi connectivity index (χ1v) is 13.6. The van der Waals surface area contributed by atoms with Crippen molar-refractivity contribution >= 4 is 35.1 Å². The molecular formula is C29H40ClN3O7. The lowest BCUT2D eigenvalue weighted by molar-refractivity contribution is -0.165. The molecule has 1 aliphatic heterocycles. The molecule has 220 valence electrons. The summed E-state index contributed by atoms with van der Waals surface area (Å²) in [5.74, 6) is -3.46. The highest BCUT2D eigenvalue weighted by Gasteiger charge is 2.29. The Hall–Kier alpha value is -3.18. The fourth-order valence-corrected chi connectivity index (χ4v) is 4.24. The number of fused-ring (bicyclic) bond motifs is 1. The van der Waals surface area contributed by atoms with E-state index in [1.54, 1.807) is 0 Å². The third-order valence-corrected chi connectivity index (χ3v) is 6.66. The Labute approximate surface area is 239 Å². The summed E-state index contributed by atoms with van der Waals surface area (Å²) in [7, 11) is 0. The zero-order valence-corrected chi connectivity index (χ0v) is 23.9. The van der Waals surface area contributed by atoms with Crippen LogP contribution in [0.25, 0.3) is 0 Å². The average molecular weight is 578 g/mol. The second-order valence-corrected chi connectivity index (χ2v) is 11.3. The molecule has 2 aromatic carbocycles. The van der Waals surface area contributed by atoms with Crippen LogP contribution in [-0.2, 0) is 40.2 Å². The van der Waals surface area contributed by atoms with Gasteiger partial charge in [-0.1, -0.05) is 62.7 Å². The molecule has 7 N–H and O–H groups in total. The lowest BCUT2D eigenvalue weighted by Gasteiger charge is -2.18. The molecule has 10 nitrogen and oxygen atoms in total. The largest absolute Gasteiger partial charge is 0.479 e. The predicted molar refractivity (Wildman–Crippen MR) is 154 cm³/mol. The molecule has 11 heteroatoms. The van der Waals surface area contributed by atoms with Gasteiger partial charge in [-0.3, -0.25) is 4.79 Å². The second-order valence-electron chi connectivity index (χ2n) is 10.9. The number of hydrogen-bond acceptors (Lipinski definition) is 7. The van der Waals surface area contributed by atoms with E-state index in [9.17, 15) is 14.4 Å². The maximum atomic E-state index is 12.2. The van der Waals surface area contributed by atoms with Crippen LogP contribution in [0.2, 0.25) is 5.02 Å². The van der Waals surface area contributed by atoms with E-state index in [-0.39, 0.29) is 11.3 Å². The minimum atomic E-state index is -2.27. The number of anilines is 1. The molecule has 2 atom stereocenters. The number of carbonyl (C=O) groups excluding carboxylic acids is 1. The number of aliphatic hydroxyl groups excluding tert-OH is 2. The Morgan fingerprint density at radius 3 is 2.08 bits per heavy atom. The minimum absolute atomic E-state index is 0.0810. The Balaban J connectivity index is 0.000000478. The minimum Gasteiger partial charge on any atom is -0.479 e. The number of nitrogens with one attached hydrogen (secondary N) is 3. The van der Waals surface area contributed by atoms with E-state index in [1.165, 1.54) is 16.7 Å². The molecule has 2 aromatic rings. The molecule has 2 unspecified atom stereocenters. The van der Waals surface area contributed by atoms with Gasteiger partial charge in [-0.2, -0.15) is 0 Å². The predicted octanol–water partition coefficient (Wildman–Crippen LogP) is 2.61. The molecule has 0 aromatic heterocycles. The highest BCUT2D eigenvalue weighted by Crippen LogP contribution is 2.31. The van der Waals surface area contributed by atoms with Crippen LogP contribution in [0.1, 0.15) is 49.4 Å². The van der Waals surface area contributed by atoms with Crippen LogP contribution in [0.4, 0.5) is 5.69 Å². The summed E-state index contributed by atoms with van der Waals surface area (Å²) in [5, 5.41) is 43.3. The Morgan fingerprint density at radius 2 is 1.50 bits per heavy atom. The second kappa shape index (κ2) is 15.6. The van der Waals surface area contributed by atoms with Crippen molar-refractivity contribution in [3.05, 3.63) is 63.7 Å². The molecule has 0 saturated heterocycles. The molecule has 1 amide bonds. The summed E-state index contributed by atoms with van der Waals surface area (Å²) in [6.07, 6.45) is -1.11. The van der Waals surface area contributed by atoms with Crippen LogP contribution in [0, 0.1) is 5.41 Å². The van der Waals surface area contributed by atoms with E-state index in [1.807, 2.05) is 18.2 Å². The van der Waals surface area contributed by atoms with Gasteiger partial charge in [0.25, 0.3) is 0 Å². The van der Waals surface area contributed by atoms with Crippen LogP contribution < -0.4 is 16.0 Å². The van der Waals surface area contributed by atoms with Crippen molar-refractivity contribution in [1.29, 1.82) is 0 Å². The molecule has 0 radical (unpaired) electrons. The van der Waals surface area contributed by atoms with Crippen molar-refractivity contribution in [3.8, 4) is 0 Å². The molecule has 1 aliphatic rings. The summed E-state index contributed by atoms with van der Waals surface area (Å²) in [6, 6.07) is 12.4. The fourth-order valence-electron chi connectivity index (χ4n) is 4.00. The standard InChI is InChI=1S/C25H34ClN3O.C4H6O6/c1-25(2,3)12-15-28-23(30)16-18-4-6-19(7-5-18)17-29-24-21-11-14-27-13-10-20(21)8-9-22(24)26;5-1(3(7)8)2(6)4(9)10/h4-9,27,29H,10-17H2,1-3H3,(H,28,30);1-2,5-6H,(H,7,8)(H,9,10). The van der Waals surface area contributed by atoms with E-state index in [0.717, 1.165) is 55.2 Å². The van der Waals surface area contributed by atoms with Gasteiger partial charge in [0.05, 0.1) is 17.1 Å². The number of hydrogen-bond donors (Lipinski definition) is 7. The summed E-state index contributed by atoms with van der Waals surface area (Å²) in [6.45, 7) is 9.98. The zero-order chi connectivity index (χ0) is 29.9. The highest BCUT2D eigenvalue weighted by atomic mass is 35.5. The quantitative estimate of drug-likeness (QED) is 0.224. The van der Waals surface area contributed by atoms with Crippen molar-refractivity contribution in [2.24, 2.45) is 5.41 Å². The number of carboxylic acid groups (broad SMARTS) is 2. The van der Waals surface area contributed by atoms with Crippen LogP contribution in [0.3, 0.4) is 0 Å². The van der Waals surface area contributed by atoms with Gasteiger partial charge in [-0.25, -0.2) is 9.59 Å². The third kappa shape index (κ3) is 11.1. The van der Waals surface area contributed by atoms with Gasteiger partial charge < -0.3 is 36.4 Å². The van der Waals surface area contributed by atoms with Crippen LogP contribution in [0.15, 0.2) is 36.4 Å².